The van der Waals surface area contributed by atoms with Gasteiger partial charge >= 0.3 is 6.03 Å². The van der Waals surface area contributed by atoms with Crippen molar-refractivity contribution in [1.82, 2.24) is 15.5 Å². The minimum atomic E-state index is -1.29. The molecule has 0 spiro atoms. The van der Waals surface area contributed by atoms with E-state index in [9.17, 15) is 14.4 Å². The number of nitrogens with zero attached hydrogens (tertiary/aromatic N) is 1. The number of rotatable bonds is 4. The molecule has 0 aliphatic carbocycles. The fraction of sp³-hybridized carbons (Fsp3) is 0.312. The molecule has 1 atom stereocenters. The Morgan fingerprint density at radius 3 is 2.92 bits per heavy atom. The molecule has 0 saturated carbocycles. The van der Waals surface area contributed by atoms with Crippen molar-refractivity contribution in [3.8, 4) is 23.8 Å². The molecule has 2 heterocycles. The zero-order valence-corrected chi connectivity index (χ0v) is 12.9. The number of ether oxygens (including phenoxy) is 2. The zero-order chi connectivity index (χ0) is 17.3. The molecule has 0 radical (unpaired) electrons. The Bertz CT molecular complexity index is 769. The van der Waals surface area contributed by atoms with Crippen molar-refractivity contribution >= 4 is 17.8 Å². The first-order valence-corrected chi connectivity index (χ1v) is 7.20. The lowest BCUT2D eigenvalue weighted by atomic mass is 9.91. The number of urea groups is 1. The average molecular weight is 329 g/mol. The predicted octanol–water partition coefficient (Wildman–Crippen LogP) is -0.0683. The predicted molar refractivity (Wildman–Crippen MR) is 82.0 cm³/mol. The van der Waals surface area contributed by atoms with Crippen molar-refractivity contribution in [3.05, 3.63) is 23.8 Å². The number of carbonyl (C=O) groups is 3. The van der Waals surface area contributed by atoms with Crippen molar-refractivity contribution in [3.63, 3.8) is 0 Å². The second-order valence-corrected chi connectivity index (χ2v) is 5.50. The molecule has 24 heavy (non-hydrogen) atoms. The third kappa shape index (κ3) is 2.50. The molecule has 8 nitrogen and oxygen atoms in total. The second-order valence-electron chi connectivity index (χ2n) is 5.50. The first-order valence-electron chi connectivity index (χ1n) is 7.20. The van der Waals surface area contributed by atoms with Crippen LogP contribution in [-0.4, -0.2) is 42.6 Å². The van der Waals surface area contributed by atoms with Gasteiger partial charge in [0.25, 0.3) is 5.91 Å². The van der Waals surface area contributed by atoms with E-state index < -0.39 is 29.9 Å². The summed E-state index contributed by atoms with van der Waals surface area (Å²) in [6.45, 7) is 1.32. The quantitative estimate of drug-likeness (QED) is 0.595. The molecule has 0 bridgehead atoms. The molecule has 1 fully saturated rings. The fourth-order valence-corrected chi connectivity index (χ4v) is 2.59. The Morgan fingerprint density at radius 1 is 1.42 bits per heavy atom. The van der Waals surface area contributed by atoms with Gasteiger partial charge in [-0.2, -0.15) is 0 Å². The Balaban J connectivity index is 1.82. The number of terminal acetylenes is 1. The van der Waals surface area contributed by atoms with Crippen LogP contribution in [0.1, 0.15) is 12.5 Å². The van der Waals surface area contributed by atoms with Gasteiger partial charge in [0, 0.05) is 0 Å². The lowest BCUT2D eigenvalue weighted by Crippen LogP contribution is -2.43. The summed E-state index contributed by atoms with van der Waals surface area (Å²) >= 11 is 0. The minimum Gasteiger partial charge on any atom is -0.454 e. The molecule has 2 aliphatic heterocycles. The van der Waals surface area contributed by atoms with E-state index in [1.165, 1.54) is 0 Å². The van der Waals surface area contributed by atoms with E-state index in [0.717, 1.165) is 4.90 Å². The maximum Gasteiger partial charge on any atom is 0.325 e. The fourth-order valence-electron chi connectivity index (χ4n) is 2.59. The molecule has 1 saturated heterocycles. The molecule has 2 N–H and O–H groups in total. The highest BCUT2D eigenvalue weighted by Crippen LogP contribution is 2.37. The van der Waals surface area contributed by atoms with E-state index >= 15 is 0 Å². The standard InChI is InChI=1S/C16H15N3O5/c1-3-6-17-13(20)8-19-14(21)16(2,18-15(19)22)10-4-5-11-12(7-10)24-9-23-11/h1,4-5,7H,6,8-9H2,2H3,(H,17,20)(H,18,22)/t16-/m1/s1. The van der Waals surface area contributed by atoms with Crippen molar-refractivity contribution in [2.45, 2.75) is 12.5 Å². The molecule has 0 unspecified atom stereocenters. The van der Waals surface area contributed by atoms with Crippen LogP contribution in [0.2, 0.25) is 0 Å². The summed E-state index contributed by atoms with van der Waals surface area (Å²) in [7, 11) is 0. The van der Waals surface area contributed by atoms with Crippen LogP contribution < -0.4 is 20.1 Å². The largest absolute Gasteiger partial charge is 0.454 e. The molecule has 124 valence electrons. The maximum absolute atomic E-state index is 12.7. The Kier molecular flexibility index (Phi) is 3.77. The van der Waals surface area contributed by atoms with E-state index in [1.54, 1.807) is 25.1 Å². The van der Waals surface area contributed by atoms with Crippen LogP contribution in [0.5, 0.6) is 11.5 Å². The van der Waals surface area contributed by atoms with Gasteiger partial charge in [-0.3, -0.25) is 14.5 Å². The van der Waals surface area contributed by atoms with Crippen LogP contribution in [0.3, 0.4) is 0 Å². The topological polar surface area (TPSA) is 97.0 Å². The van der Waals surface area contributed by atoms with Gasteiger partial charge in [0.15, 0.2) is 11.5 Å². The van der Waals surface area contributed by atoms with Gasteiger partial charge in [0.1, 0.15) is 12.1 Å². The molecule has 1 aromatic carbocycles. The van der Waals surface area contributed by atoms with Gasteiger partial charge in [-0.25, -0.2) is 4.79 Å². The summed E-state index contributed by atoms with van der Waals surface area (Å²) in [4.78, 5) is 37.4. The molecular weight excluding hydrogens is 314 g/mol. The first kappa shape index (κ1) is 15.7. The van der Waals surface area contributed by atoms with Crippen molar-refractivity contribution in [2.75, 3.05) is 19.9 Å². The second kappa shape index (κ2) is 5.77. The van der Waals surface area contributed by atoms with E-state index in [1.807, 2.05) is 0 Å². The van der Waals surface area contributed by atoms with Gasteiger partial charge in [-0.15, -0.1) is 6.42 Å². The maximum atomic E-state index is 12.7. The summed E-state index contributed by atoms with van der Waals surface area (Å²) in [5.74, 6) is 2.29. The number of amides is 4. The summed E-state index contributed by atoms with van der Waals surface area (Å²) < 4.78 is 10.5. The van der Waals surface area contributed by atoms with Crippen LogP contribution in [0.25, 0.3) is 0 Å². The molecule has 3 rings (SSSR count). The van der Waals surface area contributed by atoms with Gasteiger partial charge < -0.3 is 20.1 Å². The van der Waals surface area contributed by atoms with Crippen molar-refractivity contribution in [1.29, 1.82) is 0 Å². The number of benzene rings is 1. The number of imide groups is 1. The highest BCUT2D eigenvalue weighted by atomic mass is 16.7. The lowest BCUT2D eigenvalue weighted by Gasteiger charge is -2.22. The first-order chi connectivity index (χ1) is 11.5. The average Bonchev–Trinajstić information content (AvgIpc) is 3.11. The SMILES string of the molecule is C#CCNC(=O)CN1C(=O)N[C@](C)(c2ccc3c(c2)OCO3)C1=O. The van der Waals surface area contributed by atoms with E-state index in [4.69, 9.17) is 15.9 Å². The molecule has 0 aromatic heterocycles. The third-order valence-electron chi connectivity index (χ3n) is 3.91. The van der Waals surface area contributed by atoms with Crippen LogP contribution >= 0.6 is 0 Å². The van der Waals surface area contributed by atoms with Crippen LogP contribution in [0, 0.1) is 12.3 Å². The third-order valence-corrected chi connectivity index (χ3v) is 3.91. The van der Waals surface area contributed by atoms with Crippen LogP contribution in [0.4, 0.5) is 4.79 Å². The highest BCUT2D eigenvalue weighted by Gasteiger charge is 2.49. The molecule has 2 aliphatic rings. The molecular formula is C16H15N3O5. The monoisotopic (exact) mass is 329 g/mol. The Hall–Kier alpha value is -3.21. The number of fused-ring (bicyclic) bond motifs is 1. The number of hydrogen-bond donors (Lipinski definition) is 2. The van der Waals surface area contributed by atoms with Crippen molar-refractivity contribution in [2.24, 2.45) is 0 Å². The Labute approximate surface area is 138 Å². The summed E-state index contributed by atoms with van der Waals surface area (Å²) in [6.07, 6.45) is 5.06. The highest BCUT2D eigenvalue weighted by molar-refractivity contribution is 6.09. The van der Waals surface area contributed by atoms with E-state index in [0.29, 0.717) is 17.1 Å². The van der Waals surface area contributed by atoms with E-state index in [2.05, 4.69) is 16.6 Å². The van der Waals surface area contributed by atoms with E-state index in [-0.39, 0.29) is 13.3 Å². The van der Waals surface area contributed by atoms with Crippen LogP contribution in [0.15, 0.2) is 18.2 Å². The van der Waals surface area contributed by atoms with Gasteiger partial charge in [0.05, 0.1) is 6.54 Å². The lowest BCUT2D eigenvalue weighted by molar-refractivity contribution is -0.134. The zero-order valence-electron chi connectivity index (χ0n) is 12.9. The smallest absolute Gasteiger partial charge is 0.325 e. The Morgan fingerprint density at radius 2 is 2.17 bits per heavy atom. The number of hydrogen-bond acceptors (Lipinski definition) is 5. The summed E-state index contributed by atoms with van der Waals surface area (Å²) in [5, 5.41) is 5.04. The molecule has 1 aromatic rings. The number of nitrogens with one attached hydrogen (secondary N) is 2. The number of carbonyl (C=O) groups excluding carboxylic acids is 3. The van der Waals surface area contributed by atoms with Crippen LogP contribution in [-0.2, 0) is 15.1 Å². The van der Waals surface area contributed by atoms with Crippen molar-refractivity contribution < 1.29 is 23.9 Å². The normalized spacial score (nSPS) is 21.4. The van der Waals surface area contributed by atoms with Gasteiger partial charge in [0.2, 0.25) is 12.7 Å². The molecule has 4 amide bonds. The minimum absolute atomic E-state index is 0.0297. The summed E-state index contributed by atoms with van der Waals surface area (Å²) in [5.41, 5.74) is -0.749. The molecule has 8 heteroatoms. The summed E-state index contributed by atoms with van der Waals surface area (Å²) in [6, 6.07) is 4.34. The van der Waals surface area contributed by atoms with Gasteiger partial charge in [-0.1, -0.05) is 12.0 Å². The van der Waals surface area contributed by atoms with Gasteiger partial charge in [-0.05, 0) is 24.6 Å².